The van der Waals surface area contributed by atoms with E-state index >= 15 is 0 Å². The number of rotatable bonds is 1. The standard InChI is InChI=1S/C18H18N2O2/c1-18(2,3)22-17(21)20-16-11-12-19-13-15(16)10-9-14-7-5-4-6-8-14/h4-8,11-13H,1-3H3,(H,19,20,21). The first kappa shape index (κ1) is 15.6. The van der Waals surface area contributed by atoms with E-state index in [0.717, 1.165) is 5.56 Å². The van der Waals surface area contributed by atoms with E-state index in [4.69, 9.17) is 4.74 Å². The molecule has 1 aromatic carbocycles. The number of hydrogen-bond acceptors (Lipinski definition) is 3. The molecular weight excluding hydrogens is 276 g/mol. The number of pyridine rings is 1. The van der Waals surface area contributed by atoms with Gasteiger partial charge in [0.25, 0.3) is 0 Å². The molecule has 0 fully saturated rings. The largest absolute Gasteiger partial charge is 0.444 e. The van der Waals surface area contributed by atoms with Gasteiger partial charge in [-0.1, -0.05) is 30.0 Å². The summed E-state index contributed by atoms with van der Waals surface area (Å²) < 4.78 is 5.24. The molecule has 112 valence electrons. The predicted octanol–water partition coefficient (Wildman–Crippen LogP) is 3.83. The molecule has 1 N–H and O–H groups in total. The lowest BCUT2D eigenvalue weighted by molar-refractivity contribution is 0.0636. The molecule has 4 nitrogen and oxygen atoms in total. The summed E-state index contributed by atoms with van der Waals surface area (Å²) in [5.74, 6) is 6.06. The molecule has 0 radical (unpaired) electrons. The maximum atomic E-state index is 11.9. The van der Waals surface area contributed by atoms with Crippen LogP contribution in [0.25, 0.3) is 0 Å². The highest BCUT2D eigenvalue weighted by Gasteiger charge is 2.16. The molecule has 0 unspecified atom stereocenters. The second kappa shape index (κ2) is 6.77. The number of anilines is 1. The van der Waals surface area contributed by atoms with Crippen LogP contribution in [0.2, 0.25) is 0 Å². The zero-order chi connectivity index (χ0) is 16.0. The second-order valence-corrected chi connectivity index (χ2v) is 5.66. The van der Waals surface area contributed by atoms with Crippen molar-refractivity contribution in [3.8, 4) is 11.8 Å². The molecular formula is C18H18N2O2. The van der Waals surface area contributed by atoms with E-state index in [-0.39, 0.29) is 0 Å². The molecule has 0 aliphatic carbocycles. The number of carbonyl (C=O) groups is 1. The van der Waals surface area contributed by atoms with Crippen LogP contribution in [0.1, 0.15) is 31.9 Å². The SMILES string of the molecule is CC(C)(C)OC(=O)Nc1ccncc1C#Cc1ccccc1. The highest BCUT2D eigenvalue weighted by molar-refractivity contribution is 5.86. The molecule has 0 atom stereocenters. The highest BCUT2D eigenvalue weighted by Crippen LogP contribution is 2.15. The van der Waals surface area contributed by atoms with Gasteiger partial charge >= 0.3 is 6.09 Å². The molecule has 0 saturated carbocycles. The summed E-state index contributed by atoms with van der Waals surface area (Å²) in [6.07, 6.45) is 2.70. The fourth-order valence-corrected chi connectivity index (χ4v) is 1.68. The Kier molecular flexibility index (Phi) is 4.80. The number of amides is 1. The molecule has 2 aromatic rings. The van der Waals surface area contributed by atoms with Gasteiger partial charge in [0, 0.05) is 18.0 Å². The molecule has 0 saturated heterocycles. The van der Waals surface area contributed by atoms with Crippen LogP contribution in [0.5, 0.6) is 0 Å². The second-order valence-electron chi connectivity index (χ2n) is 5.66. The number of ether oxygens (including phenoxy) is 1. The summed E-state index contributed by atoms with van der Waals surface area (Å²) in [7, 11) is 0. The normalized spacial score (nSPS) is 10.3. The number of nitrogens with zero attached hydrogens (tertiary/aromatic N) is 1. The maximum Gasteiger partial charge on any atom is 0.412 e. The van der Waals surface area contributed by atoms with Crippen molar-refractivity contribution in [2.45, 2.75) is 26.4 Å². The third kappa shape index (κ3) is 4.95. The summed E-state index contributed by atoms with van der Waals surface area (Å²) in [6, 6.07) is 11.3. The molecule has 0 spiro atoms. The third-order valence-corrected chi connectivity index (χ3v) is 2.57. The molecule has 0 aliphatic rings. The highest BCUT2D eigenvalue weighted by atomic mass is 16.6. The van der Waals surface area contributed by atoms with Crippen molar-refractivity contribution >= 4 is 11.8 Å². The lowest BCUT2D eigenvalue weighted by Gasteiger charge is -2.19. The quantitative estimate of drug-likeness (QED) is 0.813. The van der Waals surface area contributed by atoms with Gasteiger partial charge in [-0.15, -0.1) is 0 Å². The first-order valence-corrected chi connectivity index (χ1v) is 6.95. The first-order valence-electron chi connectivity index (χ1n) is 6.95. The van der Waals surface area contributed by atoms with Gasteiger partial charge in [0.1, 0.15) is 5.60 Å². The van der Waals surface area contributed by atoms with Crippen LogP contribution in [-0.4, -0.2) is 16.7 Å². The minimum absolute atomic E-state index is 0.513. The van der Waals surface area contributed by atoms with Crippen molar-refractivity contribution in [1.29, 1.82) is 0 Å². The zero-order valence-electron chi connectivity index (χ0n) is 12.9. The van der Waals surface area contributed by atoms with Gasteiger partial charge in [0.15, 0.2) is 0 Å². The minimum atomic E-state index is -0.549. The summed E-state index contributed by atoms with van der Waals surface area (Å²) >= 11 is 0. The van der Waals surface area contributed by atoms with Crippen molar-refractivity contribution in [3.63, 3.8) is 0 Å². The van der Waals surface area contributed by atoms with E-state index in [0.29, 0.717) is 11.3 Å². The van der Waals surface area contributed by atoms with Crippen molar-refractivity contribution in [1.82, 2.24) is 4.98 Å². The van der Waals surface area contributed by atoms with Crippen LogP contribution in [0.4, 0.5) is 10.5 Å². The molecule has 0 bridgehead atoms. The topological polar surface area (TPSA) is 51.2 Å². The van der Waals surface area contributed by atoms with Crippen molar-refractivity contribution in [3.05, 3.63) is 59.9 Å². The van der Waals surface area contributed by atoms with Gasteiger partial charge in [0.05, 0.1) is 11.3 Å². The van der Waals surface area contributed by atoms with E-state index in [1.165, 1.54) is 0 Å². The van der Waals surface area contributed by atoms with E-state index in [2.05, 4.69) is 22.1 Å². The Balaban J connectivity index is 2.18. The zero-order valence-corrected chi connectivity index (χ0v) is 12.9. The van der Waals surface area contributed by atoms with Gasteiger partial charge in [-0.25, -0.2) is 4.79 Å². The minimum Gasteiger partial charge on any atom is -0.444 e. The van der Waals surface area contributed by atoms with E-state index in [1.54, 1.807) is 18.5 Å². The van der Waals surface area contributed by atoms with E-state index in [1.807, 2.05) is 51.1 Å². The third-order valence-electron chi connectivity index (χ3n) is 2.57. The fraction of sp³-hybridized carbons (Fsp3) is 0.222. The number of aromatic nitrogens is 1. The number of hydrogen-bond donors (Lipinski definition) is 1. The Hall–Kier alpha value is -2.80. The van der Waals surface area contributed by atoms with Crippen LogP contribution in [0.15, 0.2) is 48.8 Å². The molecule has 4 heteroatoms. The van der Waals surface area contributed by atoms with E-state index in [9.17, 15) is 4.79 Å². The van der Waals surface area contributed by atoms with Gasteiger partial charge < -0.3 is 4.74 Å². The smallest absolute Gasteiger partial charge is 0.412 e. The Morgan fingerprint density at radius 1 is 1.14 bits per heavy atom. The monoisotopic (exact) mass is 294 g/mol. The van der Waals surface area contributed by atoms with Crippen LogP contribution in [-0.2, 0) is 4.74 Å². The van der Waals surface area contributed by atoms with Gasteiger partial charge in [-0.05, 0) is 39.0 Å². The van der Waals surface area contributed by atoms with Crippen molar-refractivity contribution < 1.29 is 9.53 Å². The van der Waals surface area contributed by atoms with Crippen molar-refractivity contribution in [2.24, 2.45) is 0 Å². The Labute approximate surface area is 130 Å². The number of nitrogens with one attached hydrogen (secondary N) is 1. The Bertz CT molecular complexity index is 707. The lowest BCUT2D eigenvalue weighted by Crippen LogP contribution is -2.27. The predicted molar refractivity (Wildman–Crippen MR) is 86.5 cm³/mol. The summed E-state index contributed by atoms with van der Waals surface area (Å²) in [5.41, 5.74) is 1.56. The number of carbonyl (C=O) groups excluding carboxylic acids is 1. The fourth-order valence-electron chi connectivity index (χ4n) is 1.68. The molecule has 1 aromatic heterocycles. The van der Waals surface area contributed by atoms with Crippen LogP contribution < -0.4 is 5.32 Å². The molecule has 0 aliphatic heterocycles. The van der Waals surface area contributed by atoms with Gasteiger partial charge in [-0.2, -0.15) is 0 Å². The first-order chi connectivity index (χ1) is 10.4. The lowest BCUT2D eigenvalue weighted by atomic mass is 10.2. The Morgan fingerprint density at radius 3 is 2.55 bits per heavy atom. The summed E-state index contributed by atoms with van der Waals surface area (Å²) in [4.78, 5) is 15.9. The Morgan fingerprint density at radius 2 is 1.86 bits per heavy atom. The summed E-state index contributed by atoms with van der Waals surface area (Å²) in [6.45, 7) is 5.44. The summed E-state index contributed by atoms with van der Waals surface area (Å²) in [5, 5.41) is 2.70. The van der Waals surface area contributed by atoms with Crippen LogP contribution in [0, 0.1) is 11.8 Å². The number of benzene rings is 1. The van der Waals surface area contributed by atoms with Crippen LogP contribution in [0.3, 0.4) is 0 Å². The average molecular weight is 294 g/mol. The molecule has 22 heavy (non-hydrogen) atoms. The van der Waals surface area contributed by atoms with E-state index < -0.39 is 11.7 Å². The molecule has 1 heterocycles. The van der Waals surface area contributed by atoms with Gasteiger partial charge in [-0.3, -0.25) is 10.3 Å². The molecule has 2 rings (SSSR count). The average Bonchev–Trinajstić information content (AvgIpc) is 2.45. The van der Waals surface area contributed by atoms with Crippen LogP contribution >= 0.6 is 0 Å². The van der Waals surface area contributed by atoms with Crippen molar-refractivity contribution in [2.75, 3.05) is 5.32 Å². The van der Waals surface area contributed by atoms with Gasteiger partial charge in [0.2, 0.25) is 0 Å². The maximum absolute atomic E-state index is 11.9. The molecule has 1 amide bonds.